The van der Waals surface area contributed by atoms with Crippen LogP contribution in [0, 0.1) is 0 Å². The number of methoxy groups -OCH3 is 2. The lowest BCUT2D eigenvalue weighted by molar-refractivity contribution is 0.262. The maximum Gasteiger partial charge on any atom is 0.323 e. The number of hydrogen-bond donors (Lipinski definition) is 5. The van der Waals surface area contributed by atoms with Crippen LogP contribution in [-0.4, -0.2) is 35.6 Å². The molecule has 2 amide bonds. The van der Waals surface area contributed by atoms with Gasteiger partial charge in [-0.05, 0) is 12.1 Å². The number of carbonyl (C=O) groups excluding carboxylic acids is 1. The van der Waals surface area contributed by atoms with E-state index in [0.717, 1.165) is 12.1 Å². The highest BCUT2D eigenvalue weighted by atomic mass is 16.5. The van der Waals surface area contributed by atoms with Crippen molar-refractivity contribution >= 4 is 17.4 Å². The standard InChI is InChI=1S/C15H16N2O6/c1-22-9-3-4-10(13(7-9)23-2)17-15(21)16-8-5-11(18)14(20)12(19)6-8/h3-7,18-20H,1-2H3,(H2,16,17,21). The van der Waals surface area contributed by atoms with Gasteiger partial charge in [-0.3, -0.25) is 0 Å². The molecule has 8 nitrogen and oxygen atoms in total. The molecule has 0 saturated heterocycles. The van der Waals surface area contributed by atoms with Crippen molar-refractivity contribution in [2.45, 2.75) is 0 Å². The highest BCUT2D eigenvalue weighted by molar-refractivity contribution is 6.01. The third-order valence-corrected chi connectivity index (χ3v) is 2.98. The molecule has 2 aromatic carbocycles. The zero-order valence-electron chi connectivity index (χ0n) is 12.5. The third-order valence-electron chi connectivity index (χ3n) is 2.98. The Bertz CT molecular complexity index is 709. The number of phenolic OH excluding ortho intramolecular Hbond substituents is 3. The molecule has 0 unspecified atom stereocenters. The molecule has 122 valence electrons. The van der Waals surface area contributed by atoms with Crippen molar-refractivity contribution in [3.05, 3.63) is 30.3 Å². The Balaban J connectivity index is 2.14. The van der Waals surface area contributed by atoms with Crippen molar-refractivity contribution in [2.75, 3.05) is 24.9 Å². The highest BCUT2D eigenvalue weighted by Crippen LogP contribution is 2.37. The largest absolute Gasteiger partial charge is 0.504 e. The summed E-state index contributed by atoms with van der Waals surface area (Å²) in [5.41, 5.74) is 0.501. The molecule has 0 aliphatic rings. The first-order chi connectivity index (χ1) is 10.9. The van der Waals surface area contributed by atoms with E-state index in [2.05, 4.69) is 10.6 Å². The van der Waals surface area contributed by atoms with Crippen LogP contribution in [0.5, 0.6) is 28.7 Å². The molecule has 0 bridgehead atoms. The van der Waals surface area contributed by atoms with Gasteiger partial charge in [-0.25, -0.2) is 4.79 Å². The molecule has 2 aromatic rings. The fourth-order valence-electron chi connectivity index (χ4n) is 1.86. The Hall–Kier alpha value is -3.29. The zero-order chi connectivity index (χ0) is 17.0. The fourth-order valence-corrected chi connectivity index (χ4v) is 1.86. The number of phenols is 3. The van der Waals surface area contributed by atoms with Gasteiger partial charge in [-0.2, -0.15) is 0 Å². The van der Waals surface area contributed by atoms with Crippen molar-refractivity contribution < 1.29 is 29.6 Å². The van der Waals surface area contributed by atoms with Crippen LogP contribution in [0.25, 0.3) is 0 Å². The Morgan fingerprint density at radius 1 is 0.957 bits per heavy atom. The molecule has 23 heavy (non-hydrogen) atoms. The Labute approximate surface area is 131 Å². The first-order valence-electron chi connectivity index (χ1n) is 6.49. The number of benzene rings is 2. The topological polar surface area (TPSA) is 120 Å². The second kappa shape index (κ2) is 6.65. The molecular weight excluding hydrogens is 304 g/mol. The predicted molar refractivity (Wildman–Crippen MR) is 83.6 cm³/mol. The Morgan fingerprint density at radius 2 is 1.61 bits per heavy atom. The van der Waals surface area contributed by atoms with Gasteiger partial charge in [0.25, 0.3) is 0 Å². The van der Waals surface area contributed by atoms with Gasteiger partial charge in [0.15, 0.2) is 17.2 Å². The molecule has 5 N–H and O–H groups in total. The SMILES string of the molecule is COc1ccc(NC(=O)Nc2cc(O)c(O)c(O)c2)c(OC)c1. The molecule has 0 saturated carbocycles. The Kier molecular flexibility index (Phi) is 4.65. The third kappa shape index (κ3) is 3.67. The van der Waals surface area contributed by atoms with Crippen LogP contribution in [0.15, 0.2) is 30.3 Å². The summed E-state index contributed by atoms with van der Waals surface area (Å²) in [6.07, 6.45) is 0. The molecule has 8 heteroatoms. The molecule has 0 fully saturated rings. The van der Waals surface area contributed by atoms with E-state index in [-0.39, 0.29) is 5.69 Å². The summed E-state index contributed by atoms with van der Waals surface area (Å²) < 4.78 is 10.2. The number of rotatable bonds is 4. The summed E-state index contributed by atoms with van der Waals surface area (Å²) in [5, 5.41) is 33.0. The van der Waals surface area contributed by atoms with Crippen LogP contribution < -0.4 is 20.1 Å². The number of amides is 2. The van der Waals surface area contributed by atoms with E-state index in [9.17, 15) is 20.1 Å². The van der Waals surface area contributed by atoms with Gasteiger partial charge in [-0.15, -0.1) is 0 Å². The number of carbonyl (C=O) groups is 1. The molecule has 0 heterocycles. The Morgan fingerprint density at radius 3 is 2.17 bits per heavy atom. The molecule has 0 aliphatic carbocycles. The molecule has 2 rings (SSSR count). The lowest BCUT2D eigenvalue weighted by atomic mass is 10.2. The van der Waals surface area contributed by atoms with Crippen molar-refractivity contribution in [2.24, 2.45) is 0 Å². The molecule has 0 aromatic heterocycles. The first kappa shape index (κ1) is 16.1. The molecule has 0 aliphatic heterocycles. The van der Waals surface area contributed by atoms with E-state index in [1.54, 1.807) is 18.2 Å². The highest BCUT2D eigenvalue weighted by Gasteiger charge is 2.12. The molecular formula is C15H16N2O6. The van der Waals surface area contributed by atoms with Crippen LogP contribution in [-0.2, 0) is 0 Å². The minimum Gasteiger partial charge on any atom is -0.504 e. The maximum atomic E-state index is 12.0. The lowest BCUT2D eigenvalue weighted by Crippen LogP contribution is -2.19. The average molecular weight is 320 g/mol. The summed E-state index contributed by atoms with van der Waals surface area (Å²) in [6, 6.07) is 6.42. The molecule has 0 spiro atoms. The van der Waals surface area contributed by atoms with E-state index in [1.165, 1.54) is 14.2 Å². The minimum absolute atomic E-state index is 0.0998. The van der Waals surface area contributed by atoms with Crippen LogP contribution in [0.4, 0.5) is 16.2 Å². The number of nitrogens with one attached hydrogen (secondary N) is 2. The first-order valence-corrected chi connectivity index (χ1v) is 6.49. The van der Waals surface area contributed by atoms with E-state index >= 15 is 0 Å². The minimum atomic E-state index is -0.659. The second-order valence-corrected chi connectivity index (χ2v) is 4.51. The van der Waals surface area contributed by atoms with Crippen LogP contribution >= 0.6 is 0 Å². The summed E-state index contributed by atoms with van der Waals surface area (Å²) in [5.74, 6) is -0.797. The lowest BCUT2D eigenvalue weighted by Gasteiger charge is -2.13. The van der Waals surface area contributed by atoms with Crippen LogP contribution in [0.2, 0.25) is 0 Å². The maximum absolute atomic E-state index is 12.0. The number of anilines is 2. The van der Waals surface area contributed by atoms with E-state index in [4.69, 9.17) is 9.47 Å². The summed E-state index contributed by atoms with van der Waals surface area (Å²) in [6.45, 7) is 0. The summed E-state index contributed by atoms with van der Waals surface area (Å²) >= 11 is 0. The monoisotopic (exact) mass is 320 g/mol. The van der Waals surface area contributed by atoms with Gasteiger partial charge in [0.05, 0.1) is 25.6 Å². The number of hydrogen-bond acceptors (Lipinski definition) is 6. The van der Waals surface area contributed by atoms with Crippen molar-refractivity contribution in [1.29, 1.82) is 0 Å². The number of aromatic hydroxyl groups is 3. The van der Waals surface area contributed by atoms with Gasteiger partial charge in [0.1, 0.15) is 11.5 Å². The molecule has 0 atom stereocenters. The second-order valence-electron chi connectivity index (χ2n) is 4.51. The number of ether oxygens (including phenoxy) is 2. The van der Waals surface area contributed by atoms with E-state index < -0.39 is 23.3 Å². The van der Waals surface area contributed by atoms with Gasteiger partial charge < -0.3 is 35.4 Å². The predicted octanol–water partition coefficient (Wildman–Crippen LogP) is 2.46. The van der Waals surface area contributed by atoms with Gasteiger partial charge in [0, 0.05) is 18.2 Å². The quantitative estimate of drug-likeness (QED) is 0.436. The van der Waals surface area contributed by atoms with Gasteiger partial charge >= 0.3 is 6.03 Å². The van der Waals surface area contributed by atoms with Gasteiger partial charge in [0.2, 0.25) is 0 Å². The summed E-state index contributed by atoms with van der Waals surface area (Å²) in [7, 11) is 2.96. The van der Waals surface area contributed by atoms with Crippen molar-refractivity contribution in [3.63, 3.8) is 0 Å². The smallest absolute Gasteiger partial charge is 0.323 e. The molecule has 0 radical (unpaired) electrons. The average Bonchev–Trinajstić information content (AvgIpc) is 2.52. The number of urea groups is 1. The van der Waals surface area contributed by atoms with Crippen LogP contribution in [0.1, 0.15) is 0 Å². The zero-order valence-corrected chi connectivity index (χ0v) is 12.5. The van der Waals surface area contributed by atoms with Crippen LogP contribution in [0.3, 0.4) is 0 Å². The summed E-state index contributed by atoms with van der Waals surface area (Å²) in [4.78, 5) is 12.0. The normalized spacial score (nSPS) is 10.0. The van der Waals surface area contributed by atoms with E-state index in [0.29, 0.717) is 17.2 Å². The van der Waals surface area contributed by atoms with Crippen molar-refractivity contribution in [3.8, 4) is 28.7 Å². The van der Waals surface area contributed by atoms with Crippen molar-refractivity contribution in [1.82, 2.24) is 0 Å². The fraction of sp³-hybridized carbons (Fsp3) is 0.133. The van der Waals surface area contributed by atoms with Gasteiger partial charge in [-0.1, -0.05) is 0 Å². The van der Waals surface area contributed by atoms with E-state index in [1.807, 2.05) is 0 Å².